The van der Waals surface area contributed by atoms with Crippen LogP contribution >= 0.6 is 11.3 Å². The number of anilines is 1. The molecule has 0 bridgehead atoms. The Kier molecular flexibility index (Phi) is 4.43. The van der Waals surface area contributed by atoms with Gasteiger partial charge in [-0.15, -0.1) is 11.3 Å². The quantitative estimate of drug-likeness (QED) is 0.853. The van der Waals surface area contributed by atoms with Crippen molar-refractivity contribution in [2.45, 2.75) is 52.4 Å². The molecule has 1 saturated carbocycles. The fourth-order valence-corrected chi connectivity index (χ4v) is 3.51. The fraction of sp³-hybridized carbons (Fsp3) is 0.786. The van der Waals surface area contributed by atoms with Crippen LogP contribution in [-0.4, -0.2) is 11.5 Å². The van der Waals surface area contributed by atoms with Gasteiger partial charge in [-0.25, -0.2) is 4.98 Å². The first-order valence-electron chi connectivity index (χ1n) is 6.84. The summed E-state index contributed by atoms with van der Waals surface area (Å²) in [4.78, 5) is 5.98. The average Bonchev–Trinajstić information content (AvgIpc) is 2.75. The van der Waals surface area contributed by atoms with Crippen LogP contribution in [0.4, 0.5) is 5.13 Å². The Morgan fingerprint density at radius 3 is 3.00 bits per heavy atom. The third-order valence-corrected chi connectivity index (χ3v) is 4.64. The zero-order valence-corrected chi connectivity index (χ0v) is 12.0. The van der Waals surface area contributed by atoms with Gasteiger partial charge in [0.15, 0.2) is 5.13 Å². The average molecular weight is 252 g/mol. The minimum absolute atomic E-state index is 0.678. The van der Waals surface area contributed by atoms with Crippen LogP contribution in [0.2, 0.25) is 0 Å². The van der Waals surface area contributed by atoms with Gasteiger partial charge in [0.25, 0.3) is 0 Å². The minimum Gasteiger partial charge on any atom is -0.361 e. The third kappa shape index (κ3) is 3.70. The van der Waals surface area contributed by atoms with Crippen LogP contribution in [0, 0.1) is 11.8 Å². The predicted octanol–water partition coefficient (Wildman–Crippen LogP) is 4.50. The number of hydrogen-bond acceptors (Lipinski definition) is 3. The van der Waals surface area contributed by atoms with E-state index < -0.39 is 0 Å². The van der Waals surface area contributed by atoms with Gasteiger partial charge >= 0.3 is 0 Å². The van der Waals surface area contributed by atoms with Crippen molar-refractivity contribution in [2.24, 2.45) is 11.8 Å². The first-order chi connectivity index (χ1) is 8.15. The summed E-state index contributed by atoms with van der Waals surface area (Å²) >= 11 is 1.86. The van der Waals surface area contributed by atoms with Gasteiger partial charge in [-0.05, 0) is 30.6 Å². The van der Waals surface area contributed by atoms with E-state index in [1.807, 2.05) is 11.3 Å². The zero-order valence-electron chi connectivity index (χ0n) is 11.2. The molecule has 1 aliphatic rings. The van der Waals surface area contributed by atoms with Gasteiger partial charge in [0, 0.05) is 17.6 Å². The Morgan fingerprint density at radius 1 is 1.47 bits per heavy atom. The Labute approximate surface area is 109 Å². The van der Waals surface area contributed by atoms with Crippen molar-refractivity contribution in [3.63, 3.8) is 0 Å². The van der Waals surface area contributed by atoms with E-state index in [2.05, 4.69) is 37.3 Å². The second-order valence-corrected chi connectivity index (χ2v) is 6.87. The Bertz CT molecular complexity index is 346. The predicted molar refractivity (Wildman–Crippen MR) is 75.8 cm³/mol. The van der Waals surface area contributed by atoms with Crippen LogP contribution < -0.4 is 5.32 Å². The Hall–Kier alpha value is -0.570. The highest BCUT2D eigenvalue weighted by Crippen LogP contribution is 2.38. The standard InChI is InChI=1S/C14H24N2S/c1-10(2)8-15-14-16-9-13(17-14)12-6-4-5-11(3)7-12/h9-12H,4-8H2,1-3H3,(H,15,16). The molecule has 2 rings (SSSR count). The highest BCUT2D eigenvalue weighted by atomic mass is 32.1. The number of thiazole rings is 1. The molecule has 1 N–H and O–H groups in total. The fourth-order valence-electron chi connectivity index (χ4n) is 2.54. The van der Waals surface area contributed by atoms with Gasteiger partial charge in [-0.1, -0.05) is 33.6 Å². The molecule has 1 aromatic rings. The van der Waals surface area contributed by atoms with Crippen molar-refractivity contribution in [2.75, 3.05) is 11.9 Å². The maximum atomic E-state index is 4.50. The molecular formula is C14H24N2S. The molecule has 96 valence electrons. The molecule has 0 amide bonds. The van der Waals surface area contributed by atoms with Crippen LogP contribution in [0.15, 0.2) is 6.20 Å². The molecule has 2 nitrogen and oxygen atoms in total. The largest absolute Gasteiger partial charge is 0.361 e. The molecule has 3 heteroatoms. The highest BCUT2D eigenvalue weighted by molar-refractivity contribution is 7.15. The lowest BCUT2D eigenvalue weighted by atomic mass is 9.82. The zero-order chi connectivity index (χ0) is 12.3. The normalized spacial score (nSPS) is 25.2. The molecule has 2 atom stereocenters. The number of rotatable bonds is 4. The summed E-state index contributed by atoms with van der Waals surface area (Å²) in [5.74, 6) is 2.34. The van der Waals surface area contributed by atoms with E-state index in [1.54, 1.807) is 0 Å². The molecule has 0 saturated heterocycles. The van der Waals surface area contributed by atoms with Crippen LogP contribution in [0.25, 0.3) is 0 Å². The lowest BCUT2D eigenvalue weighted by Gasteiger charge is -2.25. The van der Waals surface area contributed by atoms with E-state index in [0.717, 1.165) is 23.5 Å². The topological polar surface area (TPSA) is 24.9 Å². The smallest absolute Gasteiger partial charge is 0.182 e. The maximum absolute atomic E-state index is 4.50. The van der Waals surface area contributed by atoms with Crippen LogP contribution in [0.1, 0.15) is 57.2 Å². The summed E-state index contributed by atoms with van der Waals surface area (Å²) < 4.78 is 0. The van der Waals surface area contributed by atoms with Crippen molar-refractivity contribution in [3.05, 3.63) is 11.1 Å². The van der Waals surface area contributed by atoms with E-state index in [4.69, 9.17) is 0 Å². The second-order valence-electron chi connectivity index (χ2n) is 5.81. The molecule has 17 heavy (non-hydrogen) atoms. The summed E-state index contributed by atoms with van der Waals surface area (Å²) in [6.45, 7) is 7.85. The molecule has 0 aliphatic heterocycles. The van der Waals surface area contributed by atoms with Gasteiger partial charge < -0.3 is 5.32 Å². The van der Waals surface area contributed by atoms with Gasteiger partial charge in [0.05, 0.1) is 0 Å². The summed E-state index contributed by atoms with van der Waals surface area (Å²) in [6, 6.07) is 0. The maximum Gasteiger partial charge on any atom is 0.182 e. The summed E-state index contributed by atoms with van der Waals surface area (Å²) in [5.41, 5.74) is 0. The van der Waals surface area contributed by atoms with Crippen molar-refractivity contribution in [3.8, 4) is 0 Å². The highest BCUT2D eigenvalue weighted by Gasteiger charge is 2.22. The molecule has 0 radical (unpaired) electrons. The summed E-state index contributed by atoms with van der Waals surface area (Å²) in [5, 5.41) is 4.53. The van der Waals surface area contributed by atoms with Gasteiger partial charge in [-0.2, -0.15) is 0 Å². The Morgan fingerprint density at radius 2 is 2.29 bits per heavy atom. The SMILES string of the molecule is CC(C)CNc1ncc(C2CCCC(C)C2)s1. The lowest BCUT2D eigenvalue weighted by molar-refractivity contribution is 0.347. The van der Waals surface area contributed by atoms with E-state index in [9.17, 15) is 0 Å². The third-order valence-electron chi connectivity index (χ3n) is 3.52. The van der Waals surface area contributed by atoms with Gasteiger partial charge in [-0.3, -0.25) is 0 Å². The number of aromatic nitrogens is 1. The molecule has 2 unspecified atom stereocenters. The first kappa shape index (κ1) is 12.9. The van der Waals surface area contributed by atoms with Crippen molar-refractivity contribution in [1.29, 1.82) is 0 Å². The second kappa shape index (κ2) is 5.85. The van der Waals surface area contributed by atoms with E-state index in [-0.39, 0.29) is 0 Å². The molecule has 0 aromatic carbocycles. The van der Waals surface area contributed by atoms with E-state index in [0.29, 0.717) is 5.92 Å². The molecule has 1 heterocycles. The van der Waals surface area contributed by atoms with Gasteiger partial charge in [0.2, 0.25) is 0 Å². The molecule has 1 aliphatic carbocycles. The number of nitrogens with zero attached hydrogens (tertiary/aromatic N) is 1. The van der Waals surface area contributed by atoms with Crippen molar-refractivity contribution < 1.29 is 0 Å². The van der Waals surface area contributed by atoms with Crippen molar-refractivity contribution in [1.82, 2.24) is 4.98 Å². The molecule has 0 spiro atoms. The molecular weight excluding hydrogens is 228 g/mol. The van der Waals surface area contributed by atoms with Crippen molar-refractivity contribution >= 4 is 16.5 Å². The van der Waals surface area contributed by atoms with E-state index >= 15 is 0 Å². The van der Waals surface area contributed by atoms with Crippen LogP contribution in [0.3, 0.4) is 0 Å². The minimum atomic E-state index is 0.678. The van der Waals surface area contributed by atoms with Gasteiger partial charge in [0.1, 0.15) is 0 Å². The van der Waals surface area contributed by atoms with E-state index in [1.165, 1.54) is 30.6 Å². The Balaban J connectivity index is 1.92. The lowest BCUT2D eigenvalue weighted by Crippen LogP contribution is -2.10. The van der Waals surface area contributed by atoms with Crippen LogP contribution in [-0.2, 0) is 0 Å². The monoisotopic (exact) mass is 252 g/mol. The number of hydrogen-bond donors (Lipinski definition) is 1. The first-order valence-corrected chi connectivity index (χ1v) is 7.66. The van der Waals surface area contributed by atoms with Crippen LogP contribution in [0.5, 0.6) is 0 Å². The molecule has 1 fully saturated rings. The summed E-state index contributed by atoms with van der Waals surface area (Å²) in [6.07, 6.45) is 7.60. The number of nitrogens with one attached hydrogen (secondary N) is 1. The molecule has 1 aromatic heterocycles. The summed E-state index contributed by atoms with van der Waals surface area (Å²) in [7, 11) is 0.